The van der Waals surface area contributed by atoms with Crippen molar-refractivity contribution in [3.63, 3.8) is 0 Å². The van der Waals surface area contributed by atoms with Crippen LogP contribution in [0.25, 0.3) is 0 Å². The van der Waals surface area contributed by atoms with Crippen molar-refractivity contribution in [2.75, 3.05) is 0 Å². The van der Waals surface area contributed by atoms with E-state index in [1.807, 2.05) is 0 Å². The number of ether oxygens (including phenoxy) is 1. The highest BCUT2D eigenvalue weighted by atomic mass is 16.5. The molecule has 2 heterocycles. The van der Waals surface area contributed by atoms with Gasteiger partial charge in [-0.25, -0.2) is 0 Å². The lowest BCUT2D eigenvalue weighted by molar-refractivity contribution is -0.147. The van der Waals surface area contributed by atoms with Crippen LogP contribution in [0.3, 0.4) is 0 Å². The van der Waals surface area contributed by atoms with Crippen molar-refractivity contribution in [3.05, 3.63) is 57.3 Å². The lowest BCUT2D eigenvalue weighted by Gasteiger charge is -2.13. The number of esters is 1. The fourth-order valence-corrected chi connectivity index (χ4v) is 2.75. The van der Waals surface area contributed by atoms with E-state index in [4.69, 9.17) is 4.74 Å². The highest BCUT2D eigenvalue weighted by Gasteiger charge is 2.26. The van der Waals surface area contributed by atoms with E-state index in [-0.39, 0.29) is 23.6 Å². The van der Waals surface area contributed by atoms with Gasteiger partial charge in [0.25, 0.3) is 5.56 Å². The molecule has 0 radical (unpaired) electrons. The van der Waals surface area contributed by atoms with Gasteiger partial charge in [-0.3, -0.25) is 19.2 Å². The number of Topliss-reactive ketones (excluding diaryl/α,β-unsaturated/α-hetero) is 2. The monoisotopic (exact) mass is 344 g/mol. The molecule has 25 heavy (non-hydrogen) atoms. The van der Waals surface area contributed by atoms with Gasteiger partial charge in [0.15, 0.2) is 11.9 Å². The molecule has 1 N–H and O–H groups in total. The predicted molar refractivity (Wildman–Crippen MR) is 90.9 cm³/mol. The van der Waals surface area contributed by atoms with Crippen LogP contribution < -0.4 is 5.56 Å². The van der Waals surface area contributed by atoms with Crippen LogP contribution >= 0.6 is 0 Å². The SMILES string of the molecule is CC(=O)c1c(C)[nH]c(C(=O)[C@H](C)OC(=O)Cn2ccccc2=O)c1C. The molecule has 0 unspecified atom stereocenters. The molecule has 0 saturated heterocycles. The lowest BCUT2D eigenvalue weighted by atomic mass is 10.0. The van der Waals surface area contributed by atoms with Gasteiger partial charge in [-0.15, -0.1) is 0 Å². The third-order valence-electron chi connectivity index (χ3n) is 3.91. The molecule has 0 aliphatic rings. The second kappa shape index (κ2) is 7.29. The Labute approximate surface area is 144 Å². The van der Waals surface area contributed by atoms with Crippen LogP contribution in [0.5, 0.6) is 0 Å². The first-order valence-electron chi connectivity index (χ1n) is 7.81. The van der Waals surface area contributed by atoms with Crippen LogP contribution in [0.1, 0.15) is 46.0 Å². The number of aryl methyl sites for hydroxylation is 1. The van der Waals surface area contributed by atoms with Gasteiger partial charge < -0.3 is 14.3 Å². The van der Waals surface area contributed by atoms with Crippen LogP contribution in [0, 0.1) is 13.8 Å². The third-order valence-corrected chi connectivity index (χ3v) is 3.91. The van der Waals surface area contributed by atoms with E-state index < -0.39 is 17.9 Å². The van der Waals surface area contributed by atoms with Crippen molar-refractivity contribution >= 4 is 17.5 Å². The summed E-state index contributed by atoms with van der Waals surface area (Å²) >= 11 is 0. The number of H-pyrrole nitrogens is 1. The van der Waals surface area contributed by atoms with E-state index in [9.17, 15) is 19.2 Å². The molecule has 7 nitrogen and oxygen atoms in total. The normalized spacial score (nSPS) is 11.8. The number of carbonyl (C=O) groups excluding carboxylic acids is 3. The number of ketones is 2. The molecule has 0 amide bonds. The second-order valence-electron chi connectivity index (χ2n) is 5.84. The fraction of sp³-hybridized carbons (Fsp3) is 0.333. The van der Waals surface area contributed by atoms with Crippen LogP contribution in [-0.2, 0) is 16.1 Å². The molecule has 2 aromatic heterocycles. The van der Waals surface area contributed by atoms with Crippen LogP contribution in [-0.4, -0.2) is 33.2 Å². The van der Waals surface area contributed by atoms with Crippen LogP contribution in [0.4, 0.5) is 0 Å². The number of rotatable bonds is 6. The molecule has 0 aliphatic carbocycles. The summed E-state index contributed by atoms with van der Waals surface area (Å²) in [5.41, 5.74) is 1.53. The minimum atomic E-state index is -1.04. The van der Waals surface area contributed by atoms with Gasteiger partial charge in [0.05, 0.1) is 5.69 Å². The number of carbonyl (C=O) groups is 3. The Kier molecular flexibility index (Phi) is 5.36. The van der Waals surface area contributed by atoms with Crippen molar-refractivity contribution in [1.82, 2.24) is 9.55 Å². The third kappa shape index (κ3) is 3.93. The summed E-state index contributed by atoms with van der Waals surface area (Å²) < 4.78 is 6.33. The summed E-state index contributed by atoms with van der Waals surface area (Å²) in [5, 5.41) is 0. The summed E-state index contributed by atoms with van der Waals surface area (Å²) in [4.78, 5) is 50.6. The largest absolute Gasteiger partial charge is 0.453 e. The van der Waals surface area contributed by atoms with Crippen molar-refractivity contribution in [2.24, 2.45) is 0 Å². The standard InChI is InChI=1S/C18H20N2O5/c1-10-16(12(3)21)11(2)19-17(10)18(24)13(4)25-15(23)9-20-8-6-5-7-14(20)22/h5-8,13,19H,9H2,1-4H3/t13-/m0/s1. The van der Waals surface area contributed by atoms with E-state index in [1.54, 1.807) is 26.0 Å². The van der Waals surface area contributed by atoms with E-state index in [2.05, 4.69) is 4.98 Å². The minimum absolute atomic E-state index is 0.140. The molecule has 0 aliphatic heterocycles. The van der Waals surface area contributed by atoms with E-state index in [0.717, 1.165) is 0 Å². The van der Waals surface area contributed by atoms with E-state index in [1.165, 1.54) is 30.7 Å². The number of hydrogen-bond donors (Lipinski definition) is 1. The quantitative estimate of drug-likeness (QED) is 0.636. The van der Waals surface area contributed by atoms with Gasteiger partial charge in [-0.05, 0) is 39.3 Å². The second-order valence-corrected chi connectivity index (χ2v) is 5.84. The van der Waals surface area contributed by atoms with Gasteiger partial charge >= 0.3 is 5.97 Å². The molecule has 2 rings (SSSR count). The minimum Gasteiger partial charge on any atom is -0.453 e. The topological polar surface area (TPSA) is 98.2 Å². The Hall–Kier alpha value is -2.96. The summed E-state index contributed by atoms with van der Waals surface area (Å²) in [6.07, 6.45) is 0.428. The zero-order chi connectivity index (χ0) is 18.7. The molecule has 0 bridgehead atoms. The number of nitrogens with zero attached hydrogens (tertiary/aromatic N) is 1. The Morgan fingerprint density at radius 1 is 1.24 bits per heavy atom. The number of nitrogens with one attached hydrogen (secondary N) is 1. The first-order chi connectivity index (χ1) is 11.7. The molecule has 7 heteroatoms. The molecule has 132 valence electrons. The average molecular weight is 344 g/mol. The van der Waals surface area contributed by atoms with E-state index >= 15 is 0 Å². The maximum Gasteiger partial charge on any atom is 0.326 e. The Morgan fingerprint density at radius 3 is 2.48 bits per heavy atom. The van der Waals surface area contributed by atoms with Gasteiger partial charge in [0.2, 0.25) is 5.78 Å². The number of pyridine rings is 1. The van der Waals surface area contributed by atoms with Gasteiger partial charge in [0.1, 0.15) is 6.54 Å². The molecule has 0 fully saturated rings. The molecule has 2 aromatic rings. The smallest absolute Gasteiger partial charge is 0.326 e. The van der Waals surface area contributed by atoms with E-state index in [0.29, 0.717) is 16.8 Å². The van der Waals surface area contributed by atoms with Gasteiger partial charge in [-0.2, -0.15) is 0 Å². The summed E-state index contributed by atoms with van der Waals surface area (Å²) in [6.45, 7) is 5.98. The maximum atomic E-state index is 12.5. The lowest BCUT2D eigenvalue weighted by Crippen LogP contribution is -2.30. The molecule has 0 aromatic carbocycles. The summed E-state index contributed by atoms with van der Waals surface area (Å²) in [7, 11) is 0. The maximum absolute atomic E-state index is 12.5. The first kappa shape index (κ1) is 18.4. The zero-order valence-corrected chi connectivity index (χ0v) is 14.6. The summed E-state index contributed by atoms with van der Waals surface area (Å²) in [6, 6.07) is 4.52. The van der Waals surface area contributed by atoms with Crippen molar-refractivity contribution in [2.45, 2.75) is 40.3 Å². The molecule has 0 saturated carbocycles. The fourth-order valence-electron chi connectivity index (χ4n) is 2.75. The Morgan fingerprint density at radius 2 is 1.92 bits per heavy atom. The highest BCUT2D eigenvalue weighted by molar-refractivity contribution is 6.05. The highest BCUT2D eigenvalue weighted by Crippen LogP contribution is 2.20. The average Bonchev–Trinajstić information content (AvgIpc) is 2.83. The number of hydrogen-bond acceptors (Lipinski definition) is 5. The zero-order valence-electron chi connectivity index (χ0n) is 14.6. The van der Waals surface area contributed by atoms with Crippen molar-refractivity contribution in [1.29, 1.82) is 0 Å². The van der Waals surface area contributed by atoms with Gasteiger partial charge in [0, 0.05) is 23.5 Å². The first-order valence-corrected chi connectivity index (χ1v) is 7.81. The van der Waals surface area contributed by atoms with Crippen molar-refractivity contribution < 1.29 is 19.1 Å². The number of aromatic nitrogens is 2. The molecular formula is C18H20N2O5. The van der Waals surface area contributed by atoms with Crippen molar-refractivity contribution in [3.8, 4) is 0 Å². The molecular weight excluding hydrogens is 324 g/mol. The van der Waals surface area contributed by atoms with Gasteiger partial charge in [-0.1, -0.05) is 6.07 Å². The van der Waals surface area contributed by atoms with Crippen LogP contribution in [0.15, 0.2) is 29.2 Å². The van der Waals surface area contributed by atoms with Crippen LogP contribution in [0.2, 0.25) is 0 Å². The molecule has 1 atom stereocenters. The molecule has 0 spiro atoms. The predicted octanol–water partition coefficient (Wildman–Crippen LogP) is 1.81. The summed E-state index contributed by atoms with van der Waals surface area (Å²) in [5.74, 6) is -1.26. The Bertz CT molecular complexity index is 891. The Balaban J connectivity index is 2.12. The number of aromatic amines is 1.